The fourth-order valence-electron chi connectivity index (χ4n) is 4.07. The van der Waals surface area contributed by atoms with Gasteiger partial charge < -0.3 is 5.32 Å². The third-order valence-corrected chi connectivity index (χ3v) is 6.45. The lowest BCUT2D eigenvalue weighted by molar-refractivity contribution is 0.0934. The van der Waals surface area contributed by atoms with Crippen molar-refractivity contribution in [1.29, 1.82) is 0 Å². The van der Waals surface area contributed by atoms with Gasteiger partial charge in [0.1, 0.15) is 5.82 Å². The fourth-order valence-corrected chi connectivity index (χ4v) is 4.67. The minimum atomic E-state index is -0.118. The van der Waals surface area contributed by atoms with Gasteiger partial charge in [-0.05, 0) is 31.9 Å². The molecule has 0 radical (unpaired) electrons. The van der Waals surface area contributed by atoms with Crippen LogP contribution >= 0.6 is 11.3 Å². The monoisotopic (exact) mass is 434 g/mol. The third-order valence-electron chi connectivity index (χ3n) is 5.62. The number of rotatable bonds is 4. The highest BCUT2D eigenvalue weighted by atomic mass is 32.1. The van der Waals surface area contributed by atoms with Gasteiger partial charge in [-0.15, -0.1) is 11.3 Å². The molecular formula is C22H22N6O2S. The van der Waals surface area contributed by atoms with Crippen LogP contribution < -0.4 is 11.0 Å². The number of fused-ring (bicyclic) bond motifs is 2. The Bertz CT molecular complexity index is 1320. The number of thiazole rings is 1. The lowest BCUT2D eigenvalue weighted by Gasteiger charge is -2.16. The molecule has 0 aliphatic carbocycles. The topological polar surface area (TPSA) is 94.7 Å². The number of carbonyl (C=O) groups excluding carboxylic acids is 1. The molecule has 1 atom stereocenters. The van der Waals surface area contributed by atoms with E-state index in [1.807, 2.05) is 36.6 Å². The average molecular weight is 435 g/mol. The van der Waals surface area contributed by atoms with Gasteiger partial charge in [0.05, 0.1) is 28.3 Å². The smallest absolute Gasteiger partial charge is 0.346 e. The van der Waals surface area contributed by atoms with Crippen molar-refractivity contribution in [3.05, 3.63) is 74.5 Å². The first kappa shape index (κ1) is 19.6. The van der Waals surface area contributed by atoms with Gasteiger partial charge in [0.15, 0.2) is 0 Å². The number of pyridine rings is 1. The number of carbonyl (C=O) groups is 1. The number of amides is 1. The van der Waals surface area contributed by atoms with Crippen LogP contribution in [0.1, 0.15) is 39.7 Å². The number of nitrogens with one attached hydrogen (secondary N) is 1. The van der Waals surface area contributed by atoms with E-state index in [0.29, 0.717) is 31.5 Å². The molecule has 3 aromatic heterocycles. The maximum Gasteiger partial charge on any atom is 0.346 e. The number of aryl methyl sites for hydroxylation is 2. The summed E-state index contributed by atoms with van der Waals surface area (Å²) >= 11 is 1.57. The van der Waals surface area contributed by atoms with Crippen LogP contribution in [0.4, 0.5) is 0 Å². The first-order chi connectivity index (χ1) is 15.1. The van der Waals surface area contributed by atoms with Crippen LogP contribution in [0.3, 0.4) is 0 Å². The second-order valence-electron chi connectivity index (χ2n) is 7.74. The number of hydrogen-bond donors (Lipinski definition) is 1. The molecule has 1 aliphatic rings. The molecule has 8 nitrogen and oxygen atoms in total. The van der Waals surface area contributed by atoms with Crippen molar-refractivity contribution >= 4 is 28.1 Å². The maximum atomic E-state index is 12.9. The standard InChI is InChI=1S/C22H22N6O2S/c1-14-24-16(13-31-14)12-28-22(30)27-11-9-15(6-7-20(27)26-28)25-21(29)18-8-10-23-19-5-3-2-4-17(18)19/h2-5,8,10,13,15H,6-7,9,11-12H2,1H3,(H,25,29). The van der Waals surface area contributed by atoms with E-state index in [-0.39, 0.29) is 17.6 Å². The molecule has 1 aromatic carbocycles. The van der Waals surface area contributed by atoms with Gasteiger partial charge in [-0.1, -0.05) is 18.2 Å². The molecule has 0 fully saturated rings. The molecule has 31 heavy (non-hydrogen) atoms. The number of hydrogen-bond acceptors (Lipinski definition) is 6. The summed E-state index contributed by atoms with van der Waals surface area (Å²) in [7, 11) is 0. The number of benzene rings is 1. The van der Waals surface area contributed by atoms with Crippen molar-refractivity contribution in [2.45, 2.75) is 45.3 Å². The van der Waals surface area contributed by atoms with Gasteiger partial charge in [0.25, 0.3) is 5.91 Å². The summed E-state index contributed by atoms with van der Waals surface area (Å²) in [6.07, 6.45) is 3.72. The number of aromatic nitrogens is 5. The molecule has 1 aliphatic heterocycles. The van der Waals surface area contributed by atoms with E-state index in [1.54, 1.807) is 28.2 Å². The van der Waals surface area contributed by atoms with E-state index >= 15 is 0 Å². The van der Waals surface area contributed by atoms with E-state index in [1.165, 1.54) is 4.68 Å². The second-order valence-corrected chi connectivity index (χ2v) is 8.80. The minimum Gasteiger partial charge on any atom is -0.349 e. The summed E-state index contributed by atoms with van der Waals surface area (Å²) in [4.78, 5) is 34.5. The van der Waals surface area contributed by atoms with Crippen molar-refractivity contribution in [2.75, 3.05) is 0 Å². The molecule has 1 N–H and O–H groups in total. The lowest BCUT2D eigenvalue weighted by atomic mass is 10.1. The van der Waals surface area contributed by atoms with Crippen LogP contribution in [0.25, 0.3) is 10.9 Å². The van der Waals surface area contributed by atoms with Crippen LogP contribution in [-0.2, 0) is 19.5 Å². The summed E-state index contributed by atoms with van der Waals surface area (Å²) in [5, 5.41) is 11.5. The molecular weight excluding hydrogens is 412 g/mol. The zero-order chi connectivity index (χ0) is 21.4. The minimum absolute atomic E-state index is 0.0184. The summed E-state index contributed by atoms with van der Waals surface area (Å²) in [6, 6.07) is 9.35. The van der Waals surface area contributed by atoms with Crippen molar-refractivity contribution in [3.8, 4) is 0 Å². The second kappa shape index (κ2) is 8.07. The molecule has 4 heterocycles. The normalized spacial score (nSPS) is 16.1. The Kier molecular flexibility index (Phi) is 5.11. The quantitative estimate of drug-likeness (QED) is 0.533. The highest BCUT2D eigenvalue weighted by molar-refractivity contribution is 7.09. The van der Waals surface area contributed by atoms with Crippen molar-refractivity contribution < 1.29 is 4.79 Å². The Hall–Kier alpha value is -3.33. The van der Waals surface area contributed by atoms with E-state index in [4.69, 9.17) is 0 Å². The summed E-state index contributed by atoms with van der Waals surface area (Å²) < 4.78 is 3.22. The Labute approximate surface area is 182 Å². The lowest BCUT2D eigenvalue weighted by Crippen LogP contribution is -2.36. The molecule has 9 heteroatoms. The zero-order valence-electron chi connectivity index (χ0n) is 17.1. The van der Waals surface area contributed by atoms with Gasteiger partial charge >= 0.3 is 5.69 Å². The molecule has 1 amide bonds. The van der Waals surface area contributed by atoms with Crippen LogP contribution in [0.15, 0.2) is 46.7 Å². The van der Waals surface area contributed by atoms with E-state index in [9.17, 15) is 9.59 Å². The Morgan fingerprint density at radius 1 is 1.26 bits per heavy atom. The van der Waals surface area contributed by atoms with Crippen molar-refractivity contribution in [3.63, 3.8) is 0 Å². The Balaban J connectivity index is 1.29. The molecule has 5 rings (SSSR count). The highest BCUT2D eigenvalue weighted by Crippen LogP contribution is 2.18. The molecule has 0 bridgehead atoms. The van der Waals surface area contributed by atoms with Gasteiger partial charge in [-0.2, -0.15) is 5.10 Å². The predicted octanol–water partition coefficient (Wildman–Crippen LogP) is 2.54. The van der Waals surface area contributed by atoms with Crippen LogP contribution in [0.2, 0.25) is 0 Å². The molecule has 0 saturated carbocycles. The fraction of sp³-hybridized carbons (Fsp3) is 0.318. The molecule has 0 spiro atoms. The van der Waals surface area contributed by atoms with Gasteiger partial charge in [-0.25, -0.2) is 14.5 Å². The van der Waals surface area contributed by atoms with Crippen LogP contribution in [0.5, 0.6) is 0 Å². The van der Waals surface area contributed by atoms with Gasteiger partial charge in [0.2, 0.25) is 0 Å². The molecule has 4 aromatic rings. The first-order valence-corrected chi connectivity index (χ1v) is 11.2. The van der Waals surface area contributed by atoms with Crippen LogP contribution in [0, 0.1) is 6.92 Å². The SMILES string of the molecule is Cc1nc(Cn2nc3n(c2=O)CCC(NC(=O)c2ccnc4ccccc24)CC3)cs1. The first-order valence-electron chi connectivity index (χ1n) is 10.3. The summed E-state index contributed by atoms with van der Waals surface area (Å²) in [5.74, 6) is 0.655. The van der Waals surface area contributed by atoms with Gasteiger partial charge in [0, 0.05) is 36.0 Å². The predicted molar refractivity (Wildman–Crippen MR) is 118 cm³/mol. The average Bonchev–Trinajstić information content (AvgIpc) is 3.24. The van der Waals surface area contributed by atoms with Gasteiger partial charge in [-0.3, -0.25) is 14.3 Å². The van der Waals surface area contributed by atoms with E-state index in [0.717, 1.165) is 33.8 Å². The third kappa shape index (κ3) is 3.88. The van der Waals surface area contributed by atoms with E-state index < -0.39 is 0 Å². The largest absolute Gasteiger partial charge is 0.349 e. The molecule has 0 saturated heterocycles. The number of nitrogens with zero attached hydrogens (tertiary/aromatic N) is 5. The Morgan fingerprint density at radius 2 is 2.13 bits per heavy atom. The molecule has 158 valence electrons. The zero-order valence-corrected chi connectivity index (χ0v) is 17.9. The number of para-hydroxylation sites is 1. The van der Waals surface area contributed by atoms with Crippen molar-refractivity contribution in [1.82, 2.24) is 29.6 Å². The van der Waals surface area contributed by atoms with Crippen molar-refractivity contribution in [2.24, 2.45) is 0 Å². The van der Waals surface area contributed by atoms with E-state index in [2.05, 4.69) is 20.4 Å². The summed E-state index contributed by atoms with van der Waals surface area (Å²) in [5.41, 5.74) is 2.15. The Morgan fingerprint density at radius 3 is 2.97 bits per heavy atom. The maximum absolute atomic E-state index is 12.9. The van der Waals surface area contributed by atoms with Crippen LogP contribution in [-0.4, -0.2) is 36.3 Å². The highest BCUT2D eigenvalue weighted by Gasteiger charge is 2.23. The summed E-state index contributed by atoms with van der Waals surface area (Å²) in [6.45, 7) is 2.87. The molecule has 1 unspecified atom stereocenters.